The van der Waals surface area contributed by atoms with Crippen LogP contribution in [0.25, 0.3) is 6.08 Å². The molecule has 4 nitrogen and oxygen atoms in total. The van der Waals surface area contributed by atoms with Crippen molar-refractivity contribution in [3.8, 4) is 0 Å². The fraction of sp³-hybridized carbons (Fsp3) is 0.179. The Hall–Kier alpha value is -2.74. The van der Waals surface area contributed by atoms with E-state index in [4.69, 9.17) is 4.84 Å². The molecule has 3 aromatic rings. The summed E-state index contributed by atoms with van der Waals surface area (Å²) < 4.78 is 1.28. The van der Waals surface area contributed by atoms with Gasteiger partial charge in [0, 0.05) is 32.1 Å². The van der Waals surface area contributed by atoms with Crippen molar-refractivity contribution in [2.75, 3.05) is 0 Å². The number of carbonyl (C=O) groups excluding carboxylic acids is 2. The van der Waals surface area contributed by atoms with Crippen molar-refractivity contribution in [2.45, 2.75) is 52.7 Å². The summed E-state index contributed by atoms with van der Waals surface area (Å²) in [5, 5.41) is 3.79. The minimum absolute atomic E-state index is 0.210. The van der Waals surface area contributed by atoms with Crippen LogP contribution in [0.15, 0.2) is 102 Å². The molecule has 0 bridgehead atoms. The number of hydrogen-bond acceptors (Lipinski definition) is 7. The molecule has 0 aromatic heterocycles. The average molecular weight is 520 g/mol. The van der Waals surface area contributed by atoms with Gasteiger partial charge < -0.3 is 4.84 Å². The van der Waals surface area contributed by atoms with Crippen molar-refractivity contribution in [3.63, 3.8) is 0 Å². The van der Waals surface area contributed by atoms with Gasteiger partial charge in [0.1, 0.15) is 5.71 Å². The number of oxime groups is 1. The zero-order valence-electron chi connectivity index (χ0n) is 19.5. The molecule has 4 rings (SSSR count). The summed E-state index contributed by atoms with van der Waals surface area (Å²) in [6, 6.07) is 24.4. The standard InChI is InChI=1S/C28H25NO3S3/c1-3-4-7-24(29-32-19(2)30)28(31)21-12-16-23(17-13-21)33-22-14-10-20(11-15-22)18-27-34-25-8-5-6-9-26(25)35-27/h5-6,8-18H,3-4,7H2,1-2H3. The van der Waals surface area contributed by atoms with E-state index in [1.165, 1.54) is 26.5 Å². The first-order valence-electron chi connectivity index (χ1n) is 11.4. The molecule has 0 fully saturated rings. The monoisotopic (exact) mass is 519 g/mol. The Labute approximate surface area is 218 Å². The van der Waals surface area contributed by atoms with Crippen LogP contribution in [0.1, 0.15) is 49.0 Å². The van der Waals surface area contributed by atoms with Crippen molar-refractivity contribution >= 4 is 58.8 Å². The SMILES string of the molecule is CCCCC(=NOC(C)=O)C(=O)c1ccc(Sc2ccc(C=C3Sc4ccccc4S3)cc2)cc1. The number of benzene rings is 3. The van der Waals surface area contributed by atoms with Crippen LogP contribution >= 0.6 is 35.3 Å². The first-order valence-corrected chi connectivity index (χ1v) is 13.8. The van der Waals surface area contributed by atoms with Crippen LogP contribution in [-0.4, -0.2) is 17.5 Å². The van der Waals surface area contributed by atoms with E-state index in [1.54, 1.807) is 23.9 Å². The molecule has 7 heteroatoms. The van der Waals surface area contributed by atoms with Crippen molar-refractivity contribution in [3.05, 3.63) is 88.2 Å². The molecule has 0 unspecified atom stereocenters. The van der Waals surface area contributed by atoms with E-state index in [0.29, 0.717) is 12.0 Å². The van der Waals surface area contributed by atoms with E-state index >= 15 is 0 Å². The summed E-state index contributed by atoms with van der Waals surface area (Å²) in [6.45, 7) is 3.31. The Balaban J connectivity index is 1.38. The lowest BCUT2D eigenvalue weighted by Crippen LogP contribution is -2.15. The molecule has 1 aliphatic heterocycles. The summed E-state index contributed by atoms with van der Waals surface area (Å²) in [6.07, 6.45) is 4.42. The minimum atomic E-state index is -0.536. The molecule has 1 aliphatic rings. The van der Waals surface area contributed by atoms with Gasteiger partial charge in [0.05, 0.1) is 4.24 Å². The van der Waals surface area contributed by atoms with Crippen molar-refractivity contribution in [1.29, 1.82) is 0 Å². The Morgan fingerprint density at radius 3 is 2.09 bits per heavy atom. The molecule has 0 saturated carbocycles. The molecule has 0 atom stereocenters. The van der Waals surface area contributed by atoms with Crippen LogP contribution in [0.5, 0.6) is 0 Å². The lowest BCUT2D eigenvalue weighted by molar-refractivity contribution is -0.140. The molecule has 1 heterocycles. The molecule has 0 aliphatic carbocycles. The molecule has 0 radical (unpaired) electrons. The summed E-state index contributed by atoms with van der Waals surface area (Å²) in [4.78, 5) is 33.5. The summed E-state index contributed by atoms with van der Waals surface area (Å²) in [5.41, 5.74) is 1.98. The van der Waals surface area contributed by atoms with Gasteiger partial charge in [0.2, 0.25) is 5.78 Å². The van der Waals surface area contributed by atoms with Crippen LogP contribution < -0.4 is 0 Å². The third-order valence-electron chi connectivity index (χ3n) is 5.10. The van der Waals surface area contributed by atoms with Crippen LogP contribution in [0.4, 0.5) is 0 Å². The second-order valence-corrected chi connectivity index (χ2v) is 11.4. The Morgan fingerprint density at radius 2 is 1.51 bits per heavy atom. The highest BCUT2D eigenvalue weighted by molar-refractivity contribution is 8.24. The van der Waals surface area contributed by atoms with Gasteiger partial charge in [-0.2, -0.15) is 0 Å². The number of rotatable bonds is 9. The molecule has 3 aromatic carbocycles. The number of nitrogens with zero attached hydrogens (tertiary/aromatic N) is 1. The van der Waals surface area contributed by atoms with Gasteiger partial charge in [-0.3, -0.25) is 4.79 Å². The number of ketones is 1. The zero-order chi connectivity index (χ0) is 24.6. The van der Waals surface area contributed by atoms with Gasteiger partial charge in [-0.25, -0.2) is 4.79 Å². The number of Topliss-reactive ketones (excluding diaryl/α,β-unsaturated/α-hetero) is 1. The van der Waals surface area contributed by atoms with Crippen LogP contribution in [0.3, 0.4) is 0 Å². The molecular weight excluding hydrogens is 495 g/mol. The first-order chi connectivity index (χ1) is 17.0. The Kier molecular flexibility index (Phi) is 8.90. The lowest BCUT2D eigenvalue weighted by Gasteiger charge is -2.07. The minimum Gasteiger partial charge on any atom is -0.318 e. The Morgan fingerprint density at radius 1 is 0.914 bits per heavy atom. The predicted molar refractivity (Wildman–Crippen MR) is 146 cm³/mol. The third-order valence-corrected chi connectivity index (χ3v) is 8.54. The second-order valence-electron chi connectivity index (χ2n) is 7.86. The van der Waals surface area contributed by atoms with Crippen LogP contribution in [0, 0.1) is 0 Å². The highest BCUT2D eigenvalue weighted by Crippen LogP contribution is 2.51. The largest absolute Gasteiger partial charge is 0.331 e. The van der Waals surface area contributed by atoms with Crippen molar-refractivity contribution in [2.24, 2.45) is 5.16 Å². The van der Waals surface area contributed by atoms with Gasteiger partial charge in [-0.15, -0.1) is 0 Å². The van der Waals surface area contributed by atoms with E-state index < -0.39 is 5.97 Å². The normalized spacial score (nSPS) is 12.9. The zero-order valence-corrected chi connectivity index (χ0v) is 22.0. The van der Waals surface area contributed by atoms with E-state index in [2.05, 4.69) is 59.8 Å². The van der Waals surface area contributed by atoms with E-state index in [0.717, 1.165) is 22.6 Å². The second kappa shape index (κ2) is 12.3. The third kappa shape index (κ3) is 7.13. The van der Waals surface area contributed by atoms with Gasteiger partial charge in [-0.1, -0.05) is 78.1 Å². The number of unbranched alkanes of at least 4 members (excludes halogenated alkanes) is 1. The van der Waals surface area contributed by atoms with Crippen LogP contribution in [-0.2, 0) is 9.63 Å². The molecule has 0 amide bonds. The first kappa shape index (κ1) is 25.4. The fourth-order valence-electron chi connectivity index (χ4n) is 3.32. The van der Waals surface area contributed by atoms with E-state index in [9.17, 15) is 9.59 Å². The maximum absolute atomic E-state index is 12.8. The number of thioether (sulfide) groups is 2. The molecule has 35 heavy (non-hydrogen) atoms. The fourth-order valence-corrected chi connectivity index (χ4v) is 6.55. The number of hydrogen-bond donors (Lipinski definition) is 0. The van der Waals surface area contributed by atoms with Crippen LogP contribution in [0.2, 0.25) is 0 Å². The molecule has 178 valence electrons. The summed E-state index contributed by atoms with van der Waals surface area (Å²) in [7, 11) is 0. The number of carbonyl (C=O) groups is 2. The molecule has 0 spiro atoms. The van der Waals surface area contributed by atoms with Gasteiger partial charge in [-0.05, 0) is 73.0 Å². The molecule has 0 N–H and O–H groups in total. The maximum Gasteiger partial charge on any atom is 0.331 e. The Bertz CT molecular complexity index is 1240. The van der Waals surface area contributed by atoms with Crippen molar-refractivity contribution in [1.82, 2.24) is 0 Å². The summed E-state index contributed by atoms with van der Waals surface area (Å²) >= 11 is 5.26. The smallest absolute Gasteiger partial charge is 0.318 e. The summed E-state index contributed by atoms with van der Waals surface area (Å²) in [5.74, 6) is -0.745. The lowest BCUT2D eigenvalue weighted by atomic mass is 10.0. The predicted octanol–water partition coefficient (Wildman–Crippen LogP) is 8.33. The quantitative estimate of drug-likeness (QED) is 0.123. The van der Waals surface area contributed by atoms with Gasteiger partial charge >= 0.3 is 5.97 Å². The molecule has 0 saturated heterocycles. The van der Waals surface area contributed by atoms with Crippen molar-refractivity contribution < 1.29 is 14.4 Å². The van der Waals surface area contributed by atoms with E-state index in [1.807, 2.05) is 42.6 Å². The highest BCUT2D eigenvalue weighted by Gasteiger charge is 2.17. The highest BCUT2D eigenvalue weighted by atomic mass is 32.2. The van der Waals surface area contributed by atoms with Gasteiger partial charge in [0.25, 0.3) is 0 Å². The topological polar surface area (TPSA) is 55.7 Å². The van der Waals surface area contributed by atoms with Gasteiger partial charge in [0.15, 0.2) is 0 Å². The molecular formula is C28H25NO3S3. The van der Waals surface area contributed by atoms with E-state index in [-0.39, 0.29) is 11.5 Å². The number of fused-ring (bicyclic) bond motifs is 1. The average Bonchev–Trinajstić information content (AvgIpc) is 3.27. The maximum atomic E-state index is 12.8.